The quantitative estimate of drug-likeness (QED) is 0.647. The van der Waals surface area contributed by atoms with Crippen molar-refractivity contribution in [3.05, 3.63) is 22.9 Å². The summed E-state index contributed by atoms with van der Waals surface area (Å²) in [6.45, 7) is 17.9. The molecule has 0 aromatic carbocycles. The third-order valence-electron chi connectivity index (χ3n) is 9.28. The normalized spacial score (nSPS) is 33.8. The van der Waals surface area contributed by atoms with Crippen molar-refractivity contribution in [3.63, 3.8) is 0 Å². The maximum absolute atomic E-state index is 2.89. The number of hydrogen-bond donors (Lipinski definition) is 0. The summed E-state index contributed by atoms with van der Waals surface area (Å²) in [6.07, 6.45) is 3.82. The van der Waals surface area contributed by atoms with Gasteiger partial charge in [0.05, 0.1) is 35.2 Å². The molecule has 6 aliphatic rings. The van der Waals surface area contributed by atoms with E-state index in [9.17, 15) is 0 Å². The molecule has 0 aliphatic carbocycles. The summed E-state index contributed by atoms with van der Waals surface area (Å²) in [5.41, 5.74) is 5.06. The van der Waals surface area contributed by atoms with Crippen LogP contribution in [0.3, 0.4) is 0 Å². The Labute approximate surface area is 194 Å². The Hall–Kier alpha value is -1.60. The summed E-state index contributed by atoms with van der Waals surface area (Å²) >= 11 is 0. The number of likely N-dealkylation sites (N-methyl/N-ethyl adjacent to an activating group) is 3. The smallest absolute Gasteiger partial charge is 0.125 e. The van der Waals surface area contributed by atoms with Crippen LogP contribution < -0.4 is 0 Å². The van der Waals surface area contributed by atoms with Gasteiger partial charge in [0.15, 0.2) is 0 Å². The summed E-state index contributed by atoms with van der Waals surface area (Å²) in [6, 6.07) is 1.76. The molecule has 0 aromatic rings. The van der Waals surface area contributed by atoms with E-state index in [4.69, 9.17) is 0 Å². The van der Waals surface area contributed by atoms with Crippen LogP contribution in [0.1, 0.15) is 33.1 Å². The Morgan fingerprint density at radius 2 is 1.25 bits per heavy atom. The Balaban J connectivity index is 1.42. The Morgan fingerprint density at radius 1 is 0.594 bits per heavy atom. The first-order valence-electron chi connectivity index (χ1n) is 13.3. The first-order valence-corrected chi connectivity index (χ1v) is 13.3. The molecule has 6 rings (SSSR count). The van der Waals surface area contributed by atoms with Crippen molar-refractivity contribution in [1.29, 1.82) is 0 Å². The zero-order chi connectivity index (χ0) is 22.0. The summed E-state index contributed by atoms with van der Waals surface area (Å²) in [5, 5.41) is 0. The van der Waals surface area contributed by atoms with Gasteiger partial charge >= 0.3 is 0 Å². The highest BCUT2D eigenvalue weighted by molar-refractivity contribution is 5.39. The fraction of sp³-hybridized carbons (Fsp3) is 0.840. The maximum Gasteiger partial charge on any atom is 0.125 e. The molecule has 7 nitrogen and oxygen atoms in total. The van der Waals surface area contributed by atoms with E-state index in [1.54, 1.807) is 17.1 Å². The molecule has 6 heterocycles. The highest BCUT2D eigenvalue weighted by Crippen LogP contribution is 2.47. The van der Waals surface area contributed by atoms with Gasteiger partial charge in [0, 0.05) is 79.5 Å². The van der Waals surface area contributed by atoms with Gasteiger partial charge in [-0.05, 0) is 32.7 Å². The molecule has 0 saturated carbocycles. The molecule has 0 radical (unpaired) electrons. The molecule has 178 valence electrons. The molecule has 7 heteroatoms. The van der Waals surface area contributed by atoms with Gasteiger partial charge in [-0.15, -0.1) is 0 Å². The van der Waals surface area contributed by atoms with Gasteiger partial charge < -0.3 is 29.4 Å². The van der Waals surface area contributed by atoms with Crippen LogP contribution in [0.25, 0.3) is 0 Å². The fourth-order valence-corrected chi connectivity index (χ4v) is 7.63. The van der Waals surface area contributed by atoms with Crippen LogP contribution >= 0.6 is 0 Å². The van der Waals surface area contributed by atoms with E-state index in [1.807, 2.05) is 0 Å². The van der Waals surface area contributed by atoms with Crippen LogP contribution in [-0.4, -0.2) is 139 Å². The second kappa shape index (κ2) is 8.01. The van der Waals surface area contributed by atoms with Gasteiger partial charge in [0.25, 0.3) is 0 Å². The molecule has 0 amide bonds. The third kappa shape index (κ3) is 2.99. The van der Waals surface area contributed by atoms with E-state index in [0.717, 1.165) is 13.1 Å². The summed E-state index contributed by atoms with van der Waals surface area (Å²) in [4.78, 5) is 19.0. The van der Waals surface area contributed by atoms with Crippen molar-refractivity contribution >= 4 is 0 Å². The molecular formula is C25H43N7. The first kappa shape index (κ1) is 21.0. The van der Waals surface area contributed by atoms with Crippen LogP contribution in [-0.2, 0) is 0 Å². The molecule has 0 N–H and O–H groups in total. The Morgan fingerprint density at radius 3 is 2.00 bits per heavy atom. The van der Waals surface area contributed by atoms with Crippen molar-refractivity contribution in [2.24, 2.45) is 0 Å². The van der Waals surface area contributed by atoms with Crippen LogP contribution in [0.5, 0.6) is 0 Å². The average Bonchev–Trinajstić information content (AvgIpc) is 2.83. The molecule has 32 heavy (non-hydrogen) atoms. The van der Waals surface area contributed by atoms with Gasteiger partial charge in [0.2, 0.25) is 0 Å². The van der Waals surface area contributed by atoms with E-state index in [2.05, 4.69) is 62.2 Å². The van der Waals surface area contributed by atoms with E-state index >= 15 is 0 Å². The van der Waals surface area contributed by atoms with Gasteiger partial charge in [-0.3, -0.25) is 4.90 Å². The van der Waals surface area contributed by atoms with E-state index < -0.39 is 0 Å². The van der Waals surface area contributed by atoms with Crippen LogP contribution in [0.2, 0.25) is 0 Å². The molecule has 6 aliphatic heterocycles. The number of rotatable bonds is 3. The molecular weight excluding hydrogens is 398 g/mol. The van der Waals surface area contributed by atoms with Crippen molar-refractivity contribution in [2.75, 3.05) is 86.1 Å². The first-order chi connectivity index (χ1) is 15.6. The average molecular weight is 442 g/mol. The highest BCUT2D eigenvalue weighted by atomic mass is 15.4. The number of nitrogens with zero attached hydrogens (tertiary/aromatic N) is 7. The van der Waals surface area contributed by atoms with Gasteiger partial charge in [-0.2, -0.15) is 0 Å². The minimum Gasteiger partial charge on any atom is -0.372 e. The van der Waals surface area contributed by atoms with Gasteiger partial charge in [0.1, 0.15) is 5.82 Å². The Bertz CT molecular complexity index is 768. The lowest BCUT2D eigenvalue weighted by molar-refractivity contribution is 0.00306. The van der Waals surface area contributed by atoms with Crippen LogP contribution in [0, 0.1) is 0 Å². The molecule has 2 saturated heterocycles. The summed E-state index contributed by atoms with van der Waals surface area (Å²) < 4.78 is 0. The maximum atomic E-state index is 2.89. The standard InChI is InChI=1S/C25H43N7/c1-5-28-14-16-30(17-15-28)19-9-12-31-21-7-10-26(3)25-24(21)32(18-13-27(25)4)20-8-11-29(6-2)22(19)23(20)31/h19-21H,5-18H2,1-4H3. The van der Waals surface area contributed by atoms with Gasteiger partial charge in [-0.1, -0.05) is 6.92 Å². The van der Waals surface area contributed by atoms with E-state index in [-0.39, 0.29) is 0 Å². The molecule has 3 atom stereocenters. The number of fused-ring (bicyclic) bond motifs is 2. The van der Waals surface area contributed by atoms with E-state index in [0.29, 0.717) is 18.1 Å². The molecule has 0 aromatic heterocycles. The summed E-state index contributed by atoms with van der Waals surface area (Å²) in [5.74, 6) is 1.50. The Kier molecular flexibility index (Phi) is 5.25. The van der Waals surface area contributed by atoms with Gasteiger partial charge in [-0.25, -0.2) is 0 Å². The lowest BCUT2D eigenvalue weighted by Crippen LogP contribution is -2.67. The lowest BCUT2D eigenvalue weighted by atomic mass is 9.83. The highest BCUT2D eigenvalue weighted by Gasteiger charge is 2.52. The van der Waals surface area contributed by atoms with Crippen molar-refractivity contribution < 1.29 is 0 Å². The predicted octanol–water partition coefficient (Wildman–Crippen LogP) is 1.14. The van der Waals surface area contributed by atoms with Crippen LogP contribution in [0.4, 0.5) is 0 Å². The SMILES string of the molecule is CCN1CCN(C2CCN3C4=C2N(CC)CCC4N2CCN(C)C4=C2C3CCN4C)CC1. The third-order valence-corrected chi connectivity index (χ3v) is 9.28. The van der Waals surface area contributed by atoms with Crippen molar-refractivity contribution in [1.82, 2.24) is 34.3 Å². The number of hydrogen-bond acceptors (Lipinski definition) is 7. The van der Waals surface area contributed by atoms with Crippen molar-refractivity contribution in [3.8, 4) is 0 Å². The zero-order valence-corrected chi connectivity index (χ0v) is 20.8. The number of piperazine rings is 2. The molecule has 0 bridgehead atoms. The minimum atomic E-state index is 0.569. The second-order valence-corrected chi connectivity index (χ2v) is 10.7. The monoisotopic (exact) mass is 441 g/mol. The van der Waals surface area contributed by atoms with Crippen LogP contribution in [0.15, 0.2) is 22.9 Å². The van der Waals surface area contributed by atoms with E-state index in [1.165, 1.54) is 84.0 Å². The summed E-state index contributed by atoms with van der Waals surface area (Å²) in [7, 11) is 4.61. The minimum absolute atomic E-state index is 0.569. The van der Waals surface area contributed by atoms with Crippen molar-refractivity contribution in [2.45, 2.75) is 51.2 Å². The molecule has 2 fully saturated rings. The lowest BCUT2D eigenvalue weighted by Gasteiger charge is -2.62. The second-order valence-electron chi connectivity index (χ2n) is 10.7. The zero-order valence-electron chi connectivity index (χ0n) is 20.8. The molecule has 3 unspecified atom stereocenters. The largest absolute Gasteiger partial charge is 0.372 e. The molecule has 0 spiro atoms. The predicted molar refractivity (Wildman–Crippen MR) is 129 cm³/mol. The fourth-order valence-electron chi connectivity index (χ4n) is 7.63. The topological polar surface area (TPSA) is 22.7 Å².